The highest BCUT2D eigenvalue weighted by Gasteiger charge is 2.19. The Morgan fingerprint density at radius 2 is 1.71 bits per heavy atom. The van der Waals surface area contributed by atoms with Gasteiger partial charge in [-0.2, -0.15) is 0 Å². The van der Waals surface area contributed by atoms with Gasteiger partial charge >= 0.3 is 0 Å². The van der Waals surface area contributed by atoms with Crippen LogP contribution in [-0.2, 0) is 19.9 Å². The minimum atomic E-state index is -3.72. The SMILES string of the molecule is CCCNCCNS(=O)(=O)c1cc(S(C)(=O)=O)ccc1C. The van der Waals surface area contributed by atoms with Gasteiger partial charge in [-0.1, -0.05) is 13.0 Å². The minimum Gasteiger partial charge on any atom is -0.315 e. The van der Waals surface area contributed by atoms with Gasteiger partial charge in [-0.3, -0.25) is 0 Å². The maximum atomic E-state index is 12.2. The van der Waals surface area contributed by atoms with Crippen LogP contribution >= 0.6 is 0 Å². The molecule has 8 heteroatoms. The Morgan fingerprint density at radius 1 is 1.05 bits per heavy atom. The minimum absolute atomic E-state index is 0.000849. The summed E-state index contributed by atoms with van der Waals surface area (Å²) in [4.78, 5) is -0.00139. The van der Waals surface area contributed by atoms with Gasteiger partial charge in [0.2, 0.25) is 10.0 Å². The summed E-state index contributed by atoms with van der Waals surface area (Å²) >= 11 is 0. The topological polar surface area (TPSA) is 92.3 Å². The Kier molecular flexibility index (Phi) is 6.33. The van der Waals surface area contributed by atoms with Crippen molar-refractivity contribution in [1.29, 1.82) is 0 Å². The number of hydrogen-bond donors (Lipinski definition) is 2. The van der Waals surface area contributed by atoms with Crippen LogP contribution in [0.4, 0.5) is 0 Å². The van der Waals surface area contributed by atoms with Crippen molar-refractivity contribution < 1.29 is 16.8 Å². The highest BCUT2D eigenvalue weighted by molar-refractivity contribution is 7.91. The van der Waals surface area contributed by atoms with Crippen molar-refractivity contribution in [3.63, 3.8) is 0 Å². The summed E-state index contributed by atoms with van der Waals surface area (Å²) in [5.74, 6) is 0. The number of hydrogen-bond acceptors (Lipinski definition) is 5. The summed E-state index contributed by atoms with van der Waals surface area (Å²) in [7, 11) is -7.15. The Balaban J connectivity index is 2.92. The lowest BCUT2D eigenvalue weighted by atomic mass is 10.2. The molecule has 0 bridgehead atoms. The number of sulfone groups is 1. The Bertz CT molecular complexity index is 682. The van der Waals surface area contributed by atoms with E-state index in [4.69, 9.17) is 0 Å². The first-order chi connectivity index (χ1) is 9.68. The van der Waals surface area contributed by atoms with E-state index in [9.17, 15) is 16.8 Å². The third kappa shape index (κ3) is 5.39. The van der Waals surface area contributed by atoms with E-state index in [-0.39, 0.29) is 16.3 Å². The Labute approximate surface area is 126 Å². The van der Waals surface area contributed by atoms with Crippen LogP contribution in [0.5, 0.6) is 0 Å². The van der Waals surface area contributed by atoms with Gasteiger partial charge in [0, 0.05) is 19.3 Å². The van der Waals surface area contributed by atoms with Crippen LogP contribution in [0.15, 0.2) is 28.0 Å². The van der Waals surface area contributed by atoms with Crippen LogP contribution in [0.1, 0.15) is 18.9 Å². The van der Waals surface area contributed by atoms with E-state index in [1.807, 2.05) is 6.92 Å². The lowest BCUT2D eigenvalue weighted by Gasteiger charge is -2.11. The second-order valence-corrected chi connectivity index (χ2v) is 8.60. The summed E-state index contributed by atoms with van der Waals surface area (Å²) in [6.07, 6.45) is 2.03. The van der Waals surface area contributed by atoms with Crippen LogP contribution in [-0.4, -0.2) is 42.7 Å². The summed E-state index contributed by atoms with van der Waals surface area (Å²) in [5.41, 5.74) is 0.511. The summed E-state index contributed by atoms with van der Waals surface area (Å²) in [5, 5.41) is 3.09. The number of rotatable bonds is 8. The van der Waals surface area contributed by atoms with Gasteiger partial charge in [-0.15, -0.1) is 0 Å². The summed E-state index contributed by atoms with van der Waals surface area (Å²) in [6.45, 7) is 5.26. The molecule has 0 amide bonds. The van der Waals surface area contributed by atoms with Crippen molar-refractivity contribution in [2.75, 3.05) is 25.9 Å². The van der Waals surface area contributed by atoms with Crippen molar-refractivity contribution in [2.24, 2.45) is 0 Å². The van der Waals surface area contributed by atoms with Crippen molar-refractivity contribution in [1.82, 2.24) is 10.0 Å². The molecule has 0 aliphatic carbocycles. The molecule has 0 saturated carbocycles. The molecule has 0 heterocycles. The van der Waals surface area contributed by atoms with Crippen LogP contribution < -0.4 is 10.0 Å². The zero-order valence-electron chi connectivity index (χ0n) is 12.5. The molecule has 0 atom stereocenters. The van der Waals surface area contributed by atoms with Gasteiger partial charge in [0.1, 0.15) is 0 Å². The van der Waals surface area contributed by atoms with Gasteiger partial charge in [0.05, 0.1) is 9.79 Å². The third-order valence-corrected chi connectivity index (χ3v) is 5.61. The molecule has 0 aliphatic heterocycles. The molecule has 120 valence electrons. The largest absolute Gasteiger partial charge is 0.315 e. The highest BCUT2D eigenvalue weighted by atomic mass is 32.2. The highest BCUT2D eigenvalue weighted by Crippen LogP contribution is 2.19. The Morgan fingerprint density at radius 3 is 2.29 bits per heavy atom. The Hall–Kier alpha value is -0.960. The average Bonchev–Trinajstić information content (AvgIpc) is 2.37. The first-order valence-electron chi connectivity index (χ1n) is 6.69. The van der Waals surface area contributed by atoms with Crippen molar-refractivity contribution >= 4 is 19.9 Å². The molecule has 6 nitrogen and oxygen atoms in total. The van der Waals surface area contributed by atoms with Crippen molar-refractivity contribution in [3.8, 4) is 0 Å². The lowest BCUT2D eigenvalue weighted by Crippen LogP contribution is -2.32. The first kappa shape index (κ1) is 18.1. The molecule has 0 unspecified atom stereocenters. The molecule has 21 heavy (non-hydrogen) atoms. The van der Waals surface area contributed by atoms with E-state index < -0.39 is 19.9 Å². The second kappa shape index (κ2) is 7.35. The smallest absolute Gasteiger partial charge is 0.240 e. The average molecular weight is 334 g/mol. The fourth-order valence-corrected chi connectivity index (χ4v) is 3.78. The van der Waals surface area contributed by atoms with E-state index in [1.165, 1.54) is 18.2 Å². The van der Waals surface area contributed by atoms with E-state index in [0.717, 1.165) is 19.2 Å². The fourth-order valence-electron chi connectivity index (χ4n) is 1.75. The monoisotopic (exact) mass is 334 g/mol. The number of benzene rings is 1. The van der Waals surface area contributed by atoms with E-state index in [2.05, 4.69) is 10.0 Å². The molecule has 1 rings (SSSR count). The zero-order chi connectivity index (χ0) is 16.1. The molecule has 1 aromatic rings. The normalized spacial score (nSPS) is 12.5. The maximum Gasteiger partial charge on any atom is 0.240 e. The van der Waals surface area contributed by atoms with E-state index >= 15 is 0 Å². The van der Waals surface area contributed by atoms with E-state index in [1.54, 1.807) is 6.92 Å². The fraction of sp³-hybridized carbons (Fsp3) is 0.538. The molecule has 2 N–H and O–H groups in total. The predicted molar refractivity (Wildman–Crippen MR) is 82.6 cm³/mol. The number of nitrogens with one attached hydrogen (secondary N) is 2. The predicted octanol–water partition coefficient (Wildman–Crippen LogP) is 0.676. The molecule has 0 radical (unpaired) electrons. The van der Waals surface area contributed by atoms with Gasteiger partial charge in [0.25, 0.3) is 0 Å². The molecule has 0 aromatic heterocycles. The second-order valence-electron chi connectivity index (χ2n) is 4.85. The van der Waals surface area contributed by atoms with Gasteiger partial charge < -0.3 is 5.32 Å². The lowest BCUT2D eigenvalue weighted by molar-refractivity contribution is 0.574. The van der Waals surface area contributed by atoms with E-state index in [0.29, 0.717) is 12.1 Å². The van der Waals surface area contributed by atoms with Crippen LogP contribution in [0, 0.1) is 6.92 Å². The molecule has 0 saturated heterocycles. The summed E-state index contributed by atoms with van der Waals surface area (Å²) in [6, 6.07) is 4.11. The first-order valence-corrected chi connectivity index (χ1v) is 10.1. The van der Waals surface area contributed by atoms with Gasteiger partial charge in [0.15, 0.2) is 9.84 Å². The van der Waals surface area contributed by atoms with Crippen LogP contribution in [0.2, 0.25) is 0 Å². The van der Waals surface area contributed by atoms with Gasteiger partial charge in [-0.25, -0.2) is 21.6 Å². The van der Waals surface area contributed by atoms with Gasteiger partial charge in [-0.05, 0) is 37.6 Å². The third-order valence-electron chi connectivity index (χ3n) is 2.90. The van der Waals surface area contributed by atoms with Crippen molar-refractivity contribution in [2.45, 2.75) is 30.1 Å². The zero-order valence-corrected chi connectivity index (χ0v) is 14.1. The molecular formula is C13H22N2O4S2. The van der Waals surface area contributed by atoms with Crippen molar-refractivity contribution in [3.05, 3.63) is 23.8 Å². The number of aryl methyl sites for hydroxylation is 1. The molecule has 0 spiro atoms. The standard InChI is InChI=1S/C13H22N2O4S2/c1-4-7-14-8-9-15-21(18,19)13-10-12(20(3,16)17)6-5-11(13)2/h5-6,10,14-15H,4,7-9H2,1-3H3. The van der Waals surface area contributed by atoms with Crippen LogP contribution in [0.25, 0.3) is 0 Å². The van der Waals surface area contributed by atoms with Crippen LogP contribution in [0.3, 0.4) is 0 Å². The molecule has 1 aromatic carbocycles. The molecule has 0 aliphatic rings. The molecular weight excluding hydrogens is 312 g/mol. The maximum absolute atomic E-state index is 12.2. The summed E-state index contributed by atoms with van der Waals surface area (Å²) < 4.78 is 50.0. The number of sulfonamides is 1. The quantitative estimate of drug-likeness (QED) is 0.682. The molecule has 0 fully saturated rings.